The number of amidine groups is 1. The molecule has 0 aliphatic rings. The van der Waals surface area contributed by atoms with E-state index in [1.165, 1.54) is 7.11 Å². The molecule has 7 heteroatoms. The fraction of sp³-hybridized carbons (Fsp3) is 0.545. The van der Waals surface area contributed by atoms with Gasteiger partial charge in [-0.1, -0.05) is 0 Å². The molecule has 1 heterocycles. The van der Waals surface area contributed by atoms with E-state index in [0.717, 1.165) is 5.69 Å². The maximum Gasteiger partial charge on any atom is 0.226 e. The smallest absolute Gasteiger partial charge is 0.226 e. The normalized spacial score (nSPS) is 12.2. The van der Waals surface area contributed by atoms with Gasteiger partial charge in [0.25, 0.3) is 0 Å². The number of likely N-dealkylation sites (N-methyl/N-ethyl adjacent to an activating group) is 1. The van der Waals surface area contributed by atoms with Crippen molar-refractivity contribution in [3.63, 3.8) is 0 Å². The quantitative estimate of drug-likeness (QED) is 0.466. The average Bonchev–Trinajstić information content (AvgIpc) is 2.28. The van der Waals surface area contributed by atoms with Crippen molar-refractivity contribution in [1.82, 2.24) is 9.97 Å². The number of methoxy groups -OCH3 is 1. The monoisotopic (exact) mass is 253 g/mol. The van der Waals surface area contributed by atoms with Crippen LogP contribution in [-0.4, -0.2) is 54.3 Å². The van der Waals surface area contributed by atoms with Crippen LogP contribution >= 0.6 is 0 Å². The van der Waals surface area contributed by atoms with Gasteiger partial charge in [-0.2, -0.15) is 0 Å². The number of nitrogens with two attached hydrogens (primary N) is 1. The van der Waals surface area contributed by atoms with Gasteiger partial charge in [-0.3, -0.25) is 5.41 Å². The van der Waals surface area contributed by atoms with Crippen LogP contribution < -0.4 is 10.6 Å². The molecular formula is C11H19N5O2. The molecule has 18 heavy (non-hydrogen) atoms. The number of anilines is 1. The molecule has 0 bridgehead atoms. The minimum absolute atomic E-state index is 0.104. The summed E-state index contributed by atoms with van der Waals surface area (Å²) < 4.78 is 4.85. The van der Waals surface area contributed by atoms with E-state index in [1.807, 2.05) is 0 Å². The van der Waals surface area contributed by atoms with E-state index >= 15 is 0 Å². The Morgan fingerprint density at radius 1 is 1.61 bits per heavy atom. The molecule has 0 spiro atoms. The van der Waals surface area contributed by atoms with Crippen LogP contribution in [0.15, 0.2) is 6.07 Å². The first-order valence-electron chi connectivity index (χ1n) is 5.52. The lowest BCUT2D eigenvalue weighted by Gasteiger charge is -2.21. The summed E-state index contributed by atoms with van der Waals surface area (Å²) in [4.78, 5) is 10.1. The third-order valence-electron chi connectivity index (χ3n) is 2.30. The predicted molar refractivity (Wildman–Crippen MR) is 68.9 cm³/mol. The molecule has 0 aliphatic heterocycles. The van der Waals surface area contributed by atoms with E-state index in [4.69, 9.17) is 15.9 Å². The molecule has 100 valence electrons. The van der Waals surface area contributed by atoms with Crippen molar-refractivity contribution in [3.05, 3.63) is 17.5 Å². The van der Waals surface area contributed by atoms with E-state index < -0.39 is 6.10 Å². The standard InChI is InChI=1S/C11H19N5O2/c1-7-4-9(10(12)13)15-11(14-7)16(2)5-8(17)6-18-3/h4,8,17H,5-6H2,1-3H3,(H3,12,13). The van der Waals surface area contributed by atoms with E-state index in [0.29, 0.717) is 18.2 Å². The summed E-state index contributed by atoms with van der Waals surface area (Å²) in [6.07, 6.45) is -0.620. The number of nitrogens with one attached hydrogen (secondary N) is 1. The third-order valence-corrected chi connectivity index (χ3v) is 2.30. The van der Waals surface area contributed by atoms with Crippen LogP contribution in [-0.2, 0) is 4.74 Å². The van der Waals surface area contributed by atoms with Crippen LogP contribution in [0, 0.1) is 12.3 Å². The van der Waals surface area contributed by atoms with Crippen LogP contribution in [0.5, 0.6) is 0 Å². The van der Waals surface area contributed by atoms with Crippen molar-refractivity contribution < 1.29 is 9.84 Å². The number of nitrogen functional groups attached to an aromatic ring is 1. The highest BCUT2D eigenvalue weighted by atomic mass is 16.5. The van der Waals surface area contributed by atoms with Crippen LogP contribution in [0.1, 0.15) is 11.4 Å². The molecule has 1 unspecified atom stereocenters. The molecule has 0 saturated heterocycles. The minimum Gasteiger partial charge on any atom is -0.389 e. The summed E-state index contributed by atoms with van der Waals surface area (Å²) in [6, 6.07) is 1.64. The van der Waals surface area contributed by atoms with Crippen molar-refractivity contribution in [1.29, 1.82) is 5.41 Å². The number of rotatable bonds is 6. The predicted octanol–water partition coefficient (Wildman–Crippen LogP) is -0.487. The van der Waals surface area contributed by atoms with Gasteiger partial charge in [-0.25, -0.2) is 9.97 Å². The summed E-state index contributed by atoms with van der Waals surface area (Å²) in [5.74, 6) is 0.322. The first kappa shape index (κ1) is 14.3. The molecule has 0 saturated carbocycles. The second-order valence-corrected chi connectivity index (χ2v) is 4.10. The van der Waals surface area contributed by atoms with E-state index in [9.17, 15) is 5.11 Å². The number of hydrogen-bond acceptors (Lipinski definition) is 6. The topological polar surface area (TPSA) is 108 Å². The molecular weight excluding hydrogens is 234 g/mol. The maximum absolute atomic E-state index is 9.64. The summed E-state index contributed by atoms with van der Waals surface area (Å²) in [5, 5.41) is 17.0. The van der Waals surface area contributed by atoms with Gasteiger partial charge < -0.3 is 20.5 Å². The Labute approximate surface area is 106 Å². The van der Waals surface area contributed by atoms with Gasteiger partial charge in [0.1, 0.15) is 11.5 Å². The molecule has 0 amide bonds. The Bertz CT molecular complexity index is 424. The Morgan fingerprint density at radius 2 is 2.28 bits per heavy atom. The highest BCUT2D eigenvalue weighted by molar-refractivity contribution is 5.93. The van der Waals surface area contributed by atoms with Crippen molar-refractivity contribution in [2.24, 2.45) is 5.73 Å². The number of aliphatic hydroxyl groups excluding tert-OH is 1. The van der Waals surface area contributed by atoms with E-state index in [1.54, 1.807) is 24.9 Å². The molecule has 1 aromatic rings. The average molecular weight is 253 g/mol. The number of ether oxygens (including phenoxy) is 1. The fourth-order valence-corrected chi connectivity index (χ4v) is 1.50. The van der Waals surface area contributed by atoms with E-state index in [2.05, 4.69) is 9.97 Å². The summed E-state index contributed by atoms with van der Waals surface area (Å²) >= 11 is 0. The molecule has 0 fully saturated rings. The van der Waals surface area contributed by atoms with Gasteiger partial charge in [-0.15, -0.1) is 0 Å². The van der Waals surface area contributed by atoms with Crippen molar-refractivity contribution in [2.75, 3.05) is 32.2 Å². The largest absolute Gasteiger partial charge is 0.389 e. The third kappa shape index (κ3) is 3.94. The van der Waals surface area contributed by atoms with Crippen molar-refractivity contribution in [2.45, 2.75) is 13.0 Å². The number of aliphatic hydroxyl groups is 1. The van der Waals surface area contributed by atoms with Gasteiger partial charge in [-0.05, 0) is 13.0 Å². The lowest BCUT2D eigenvalue weighted by atomic mass is 10.3. The fourth-order valence-electron chi connectivity index (χ4n) is 1.50. The molecule has 1 aromatic heterocycles. The van der Waals surface area contributed by atoms with Crippen LogP contribution in [0.2, 0.25) is 0 Å². The van der Waals surface area contributed by atoms with E-state index in [-0.39, 0.29) is 12.4 Å². The molecule has 7 nitrogen and oxygen atoms in total. The van der Waals surface area contributed by atoms with Crippen LogP contribution in [0.4, 0.5) is 5.95 Å². The number of nitrogens with zero attached hydrogens (tertiary/aromatic N) is 3. The van der Waals surface area contributed by atoms with Crippen molar-refractivity contribution in [3.8, 4) is 0 Å². The summed E-state index contributed by atoms with van der Waals surface area (Å²) in [5.41, 5.74) is 6.51. The second kappa shape index (κ2) is 6.27. The van der Waals surface area contributed by atoms with Gasteiger partial charge in [0.2, 0.25) is 5.95 Å². The SMILES string of the molecule is COCC(O)CN(C)c1nc(C)cc(C(=N)N)n1. The zero-order valence-corrected chi connectivity index (χ0v) is 10.8. The van der Waals surface area contributed by atoms with Gasteiger partial charge in [0, 0.05) is 26.4 Å². The van der Waals surface area contributed by atoms with Gasteiger partial charge in [0.05, 0.1) is 12.7 Å². The first-order valence-corrected chi connectivity index (χ1v) is 5.52. The highest BCUT2D eigenvalue weighted by Gasteiger charge is 2.12. The van der Waals surface area contributed by atoms with Crippen LogP contribution in [0.25, 0.3) is 0 Å². The van der Waals surface area contributed by atoms with Crippen LogP contribution in [0.3, 0.4) is 0 Å². The lowest BCUT2D eigenvalue weighted by molar-refractivity contribution is 0.0693. The number of aryl methyl sites for hydroxylation is 1. The summed E-state index contributed by atoms with van der Waals surface area (Å²) in [7, 11) is 3.29. The molecule has 0 radical (unpaired) electrons. The Morgan fingerprint density at radius 3 is 2.83 bits per heavy atom. The Balaban J connectivity index is 2.85. The molecule has 4 N–H and O–H groups in total. The van der Waals surface area contributed by atoms with Crippen molar-refractivity contribution >= 4 is 11.8 Å². The zero-order valence-electron chi connectivity index (χ0n) is 10.8. The maximum atomic E-state index is 9.64. The number of aromatic nitrogens is 2. The molecule has 1 atom stereocenters. The van der Waals surface area contributed by atoms with Gasteiger partial charge >= 0.3 is 0 Å². The lowest BCUT2D eigenvalue weighted by Crippen LogP contribution is -2.33. The first-order chi connectivity index (χ1) is 8.43. The second-order valence-electron chi connectivity index (χ2n) is 4.10. The molecule has 1 rings (SSSR count). The molecule has 0 aliphatic carbocycles. The summed E-state index contributed by atoms with van der Waals surface area (Å²) in [6.45, 7) is 2.39. The Hall–Kier alpha value is -1.73. The highest BCUT2D eigenvalue weighted by Crippen LogP contribution is 2.09. The number of hydrogen-bond donors (Lipinski definition) is 3. The Kier molecular flexibility index (Phi) is 4.99. The zero-order chi connectivity index (χ0) is 13.7. The van der Waals surface area contributed by atoms with Gasteiger partial charge in [0.15, 0.2) is 0 Å². The molecule has 0 aromatic carbocycles. The minimum atomic E-state index is -0.620.